The molecule has 0 aromatic carbocycles. The summed E-state index contributed by atoms with van der Waals surface area (Å²) in [4.78, 5) is 11.0. The maximum absolute atomic E-state index is 11.0. The van der Waals surface area contributed by atoms with Gasteiger partial charge in [-0.05, 0) is 44.8 Å². The van der Waals surface area contributed by atoms with E-state index in [0.29, 0.717) is 5.57 Å². The first-order chi connectivity index (χ1) is 8.84. The molecule has 0 spiro atoms. The number of rotatable bonds is 7. The van der Waals surface area contributed by atoms with Crippen LogP contribution in [-0.2, 0) is 9.22 Å². The van der Waals surface area contributed by atoms with E-state index in [1.807, 2.05) is 12.2 Å². The molecule has 1 amide bonds. The second-order valence-corrected chi connectivity index (χ2v) is 11.9. The normalized spacial score (nSPS) is 16.6. The minimum absolute atomic E-state index is 0.163. The van der Waals surface area contributed by atoms with Crippen molar-refractivity contribution < 1.29 is 9.22 Å². The number of allylic oxidation sites excluding steroid dienone is 1. The Morgan fingerprint density at radius 3 is 2.15 bits per heavy atom. The zero-order valence-electron chi connectivity index (χ0n) is 14.2. The zero-order valence-corrected chi connectivity index (χ0v) is 15.2. The average molecular weight is 298 g/mol. The van der Waals surface area contributed by atoms with Gasteiger partial charge >= 0.3 is 0 Å². The molecule has 0 saturated carbocycles. The van der Waals surface area contributed by atoms with Crippen molar-refractivity contribution in [3.63, 3.8) is 0 Å². The Bertz CT molecular complexity index is 394. The summed E-state index contributed by atoms with van der Waals surface area (Å²) in [6.45, 7) is 18.9. The van der Waals surface area contributed by atoms with Crippen molar-refractivity contribution in [3.8, 4) is 0 Å². The van der Waals surface area contributed by atoms with E-state index in [9.17, 15) is 4.79 Å². The number of nitrogens with two attached hydrogens (primary N) is 1. The molecule has 0 fully saturated rings. The molecule has 116 valence electrons. The summed E-state index contributed by atoms with van der Waals surface area (Å²) in [5, 5.41) is 0.163. The lowest BCUT2D eigenvalue weighted by Gasteiger charge is -2.43. The van der Waals surface area contributed by atoms with Gasteiger partial charge in [-0.3, -0.25) is 4.79 Å². The molecule has 2 N–H and O–H groups in total. The van der Waals surface area contributed by atoms with E-state index in [1.54, 1.807) is 6.92 Å². The molecule has 0 aliphatic heterocycles. The molecular formula is C16H31NO2Si. The van der Waals surface area contributed by atoms with Crippen molar-refractivity contribution >= 4 is 14.2 Å². The standard InChI is InChI=1S/C16H31NO2Si/c1-9-16(6,12-10-11-13(2)14(17)18)19-20(7,8)15(3,4)5/h9,11H,1,10,12H2,2-8H3,(H2,17,18)/b13-11+. The largest absolute Gasteiger partial charge is 0.408 e. The minimum Gasteiger partial charge on any atom is -0.408 e. The fraction of sp³-hybridized carbons (Fsp3) is 0.688. The third-order valence-electron chi connectivity index (χ3n) is 4.21. The van der Waals surface area contributed by atoms with Gasteiger partial charge in [0.05, 0.1) is 5.60 Å². The zero-order chi connectivity index (χ0) is 16.2. The third kappa shape index (κ3) is 5.63. The van der Waals surface area contributed by atoms with Gasteiger partial charge in [-0.1, -0.05) is 32.9 Å². The van der Waals surface area contributed by atoms with Crippen LogP contribution >= 0.6 is 0 Å². The molecule has 0 radical (unpaired) electrons. The van der Waals surface area contributed by atoms with Crippen molar-refractivity contribution in [1.29, 1.82) is 0 Å². The first-order valence-electron chi connectivity index (χ1n) is 7.15. The fourth-order valence-corrected chi connectivity index (χ4v) is 3.26. The van der Waals surface area contributed by atoms with Crippen LogP contribution in [0.25, 0.3) is 0 Å². The van der Waals surface area contributed by atoms with E-state index in [-0.39, 0.29) is 16.5 Å². The van der Waals surface area contributed by atoms with Crippen molar-refractivity contribution in [3.05, 3.63) is 24.3 Å². The molecule has 20 heavy (non-hydrogen) atoms. The molecule has 0 saturated heterocycles. The lowest BCUT2D eigenvalue weighted by atomic mass is 10.00. The predicted molar refractivity (Wildman–Crippen MR) is 89.1 cm³/mol. The second-order valence-electron chi connectivity index (χ2n) is 7.17. The van der Waals surface area contributed by atoms with Crippen LogP contribution in [0.3, 0.4) is 0 Å². The van der Waals surface area contributed by atoms with Crippen molar-refractivity contribution in [2.45, 2.75) is 71.2 Å². The quantitative estimate of drug-likeness (QED) is 0.436. The molecule has 1 atom stereocenters. The van der Waals surface area contributed by atoms with Gasteiger partial charge in [0.2, 0.25) is 5.91 Å². The van der Waals surface area contributed by atoms with Gasteiger partial charge in [0.25, 0.3) is 0 Å². The maximum atomic E-state index is 11.0. The molecule has 1 unspecified atom stereocenters. The third-order valence-corrected chi connectivity index (χ3v) is 8.80. The van der Waals surface area contributed by atoms with Gasteiger partial charge in [0.15, 0.2) is 8.32 Å². The molecule has 0 rings (SSSR count). The van der Waals surface area contributed by atoms with Crippen molar-refractivity contribution in [2.24, 2.45) is 5.73 Å². The lowest BCUT2D eigenvalue weighted by Crippen LogP contribution is -2.47. The van der Waals surface area contributed by atoms with E-state index in [1.165, 1.54) is 0 Å². The van der Waals surface area contributed by atoms with Crippen LogP contribution in [0, 0.1) is 0 Å². The Kier molecular flexibility index (Phi) is 6.43. The second kappa shape index (κ2) is 6.72. The Morgan fingerprint density at radius 2 is 1.80 bits per heavy atom. The van der Waals surface area contributed by atoms with Gasteiger partial charge in [0.1, 0.15) is 0 Å². The molecule has 0 aliphatic carbocycles. The molecule has 0 aromatic heterocycles. The summed E-state index contributed by atoms with van der Waals surface area (Å²) in [5.74, 6) is -0.365. The number of hydrogen-bond donors (Lipinski definition) is 1. The summed E-state index contributed by atoms with van der Waals surface area (Å²) in [6.07, 6.45) is 5.31. The first kappa shape index (κ1) is 19.1. The smallest absolute Gasteiger partial charge is 0.244 e. The number of hydrogen-bond acceptors (Lipinski definition) is 2. The number of carbonyl (C=O) groups is 1. The highest BCUT2D eigenvalue weighted by atomic mass is 28.4. The number of amides is 1. The van der Waals surface area contributed by atoms with Crippen LogP contribution in [0.5, 0.6) is 0 Å². The van der Waals surface area contributed by atoms with Gasteiger partial charge in [0, 0.05) is 5.57 Å². The predicted octanol–water partition coefficient (Wildman–Crippen LogP) is 4.16. The number of primary amides is 1. The Morgan fingerprint density at radius 1 is 1.30 bits per heavy atom. The van der Waals surface area contributed by atoms with E-state index in [4.69, 9.17) is 10.2 Å². The van der Waals surface area contributed by atoms with Crippen LogP contribution < -0.4 is 5.73 Å². The Balaban J connectivity index is 4.84. The van der Waals surface area contributed by atoms with E-state index in [2.05, 4.69) is 47.4 Å². The highest BCUT2D eigenvalue weighted by molar-refractivity contribution is 6.74. The Labute approximate surface area is 125 Å². The topological polar surface area (TPSA) is 52.3 Å². The highest BCUT2D eigenvalue weighted by Crippen LogP contribution is 2.40. The maximum Gasteiger partial charge on any atom is 0.244 e. The van der Waals surface area contributed by atoms with Crippen LogP contribution in [0.1, 0.15) is 47.5 Å². The van der Waals surface area contributed by atoms with Crippen LogP contribution in [-0.4, -0.2) is 19.8 Å². The van der Waals surface area contributed by atoms with Crippen molar-refractivity contribution in [2.75, 3.05) is 0 Å². The van der Waals surface area contributed by atoms with Gasteiger partial charge in [-0.15, -0.1) is 6.58 Å². The van der Waals surface area contributed by atoms with Crippen LogP contribution in [0.4, 0.5) is 0 Å². The van der Waals surface area contributed by atoms with Crippen LogP contribution in [0.2, 0.25) is 18.1 Å². The molecule has 4 heteroatoms. The van der Waals surface area contributed by atoms with E-state index < -0.39 is 8.32 Å². The van der Waals surface area contributed by atoms with Gasteiger partial charge < -0.3 is 10.2 Å². The highest BCUT2D eigenvalue weighted by Gasteiger charge is 2.41. The summed E-state index contributed by atoms with van der Waals surface area (Å²) in [7, 11) is -1.84. The summed E-state index contributed by atoms with van der Waals surface area (Å²) in [5.41, 5.74) is 5.46. The lowest BCUT2D eigenvalue weighted by molar-refractivity contribution is -0.114. The summed E-state index contributed by atoms with van der Waals surface area (Å²) < 4.78 is 6.46. The minimum atomic E-state index is -1.84. The van der Waals surface area contributed by atoms with Crippen LogP contribution in [0.15, 0.2) is 24.3 Å². The fourth-order valence-electron chi connectivity index (χ4n) is 1.61. The van der Waals surface area contributed by atoms with Gasteiger partial charge in [-0.2, -0.15) is 0 Å². The molecule has 0 bridgehead atoms. The Hall–Kier alpha value is -0.873. The average Bonchev–Trinajstić information content (AvgIpc) is 2.26. The molecule has 0 aliphatic rings. The first-order valence-corrected chi connectivity index (χ1v) is 10.1. The SMILES string of the molecule is C=CC(C)(CC/C=C(\C)C(N)=O)O[Si](C)(C)C(C)(C)C. The molecular weight excluding hydrogens is 266 g/mol. The monoisotopic (exact) mass is 297 g/mol. The molecule has 0 aromatic rings. The molecule has 3 nitrogen and oxygen atoms in total. The van der Waals surface area contributed by atoms with Gasteiger partial charge in [-0.25, -0.2) is 0 Å². The number of carbonyl (C=O) groups excluding carboxylic acids is 1. The summed E-state index contributed by atoms with van der Waals surface area (Å²) >= 11 is 0. The van der Waals surface area contributed by atoms with E-state index in [0.717, 1.165) is 12.8 Å². The van der Waals surface area contributed by atoms with Crippen molar-refractivity contribution in [1.82, 2.24) is 0 Å². The molecule has 0 heterocycles. The van der Waals surface area contributed by atoms with E-state index >= 15 is 0 Å². The summed E-state index contributed by atoms with van der Waals surface area (Å²) in [6, 6.07) is 0.